The maximum absolute atomic E-state index is 14.0. The van der Waals surface area contributed by atoms with E-state index in [4.69, 9.17) is 0 Å². The molecule has 2 amide bonds. The number of hydrogen-bond acceptors (Lipinski definition) is 4. The van der Waals surface area contributed by atoms with Crippen LogP contribution in [0, 0.1) is 17.6 Å². The molecule has 0 spiro atoms. The van der Waals surface area contributed by atoms with Gasteiger partial charge in [-0.3, -0.25) is 19.3 Å². The number of carboxylic acids is 1. The van der Waals surface area contributed by atoms with Crippen LogP contribution in [0.1, 0.15) is 39.1 Å². The molecule has 6 nitrogen and oxygen atoms in total. The van der Waals surface area contributed by atoms with E-state index in [0.717, 1.165) is 16.5 Å². The van der Waals surface area contributed by atoms with E-state index >= 15 is 0 Å². The van der Waals surface area contributed by atoms with Crippen molar-refractivity contribution in [2.45, 2.75) is 25.4 Å². The first-order valence-corrected chi connectivity index (χ1v) is 11.2. The van der Waals surface area contributed by atoms with Gasteiger partial charge in [-0.15, -0.1) is 0 Å². The van der Waals surface area contributed by atoms with Crippen LogP contribution >= 0.6 is 0 Å². The smallest absolute Gasteiger partial charge is 0.309 e. The summed E-state index contributed by atoms with van der Waals surface area (Å²) < 4.78 is 27.5. The minimum absolute atomic E-state index is 0.0836. The quantitative estimate of drug-likeness (QED) is 0.446. The van der Waals surface area contributed by atoms with Crippen LogP contribution in [0.4, 0.5) is 8.78 Å². The summed E-state index contributed by atoms with van der Waals surface area (Å²) in [4.78, 5) is 37.8. The Balaban J connectivity index is 1.36. The van der Waals surface area contributed by atoms with Crippen molar-refractivity contribution in [3.05, 3.63) is 95.1 Å². The van der Waals surface area contributed by atoms with Gasteiger partial charge in [-0.2, -0.15) is 0 Å². The van der Waals surface area contributed by atoms with Gasteiger partial charge in [0.05, 0.1) is 23.1 Å². The molecular formula is C27H23F2NO5. The van der Waals surface area contributed by atoms with E-state index in [1.54, 1.807) is 48.5 Å². The molecule has 3 aromatic rings. The highest BCUT2D eigenvalue weighted by molar-refractivity contribution is 6.21. The minimum Gasteiger partial charge on any atom is -0.481 e. The van der Waals surface area contributed by atoms with E-state index in [0.29, 0.717) is 12.0 Å². The summed E-state index contributed by atoms with van der Waals surface area (Å²) in [5.41, 5.74) is 1.98. The number of nitrogens with zero attached hydrogens (tertiary/aromatic N) is 1. The second kappa shape index (κ2) is 10.1. The Morgan fingerprint density at radius 2 is 1.43 bits per heavy atom. The molecule has 35 heavy (non-hydrogen) atoms. The highest BCUT2D eigenvalue weighted by atomic mass is 19.2. The summed E-state index contributed by atoms with van der Waals surface area (Å²) in [7, 11) is 0. The summed E-state index contributed by atoms with van der Waals surface area (Å²) in [6.45, 7) is -0.117. The molecule has 0 saturated carbocycles. The fourth-order valence-electron chi connectivity index (χ4n) is 4.28. The molecule has 0 bridgehead atoms. The van der Waals surface area contributed by atoms with Gasteiger partial charge in [-0.25, -0.2) is 8.78 Å². The number of amides is 2. The number of carbonyl (C=O) groups excluding carboxylic acids is 2. The Hall–Kier alpha value is -3.91. The maximum atomic E-state index is 14.0. The lowest BCUT2D eigenvalue weighted by Crippen LogP contribution is -2.36. The monoisotopic (exact) mass is 479 g/mol. The number of carbonyl (C=O) groups is 3. The molecular weight excluding hydrogens is 456 g/mol. The molecule has 3 aromatic carbocycles. The van der Waals surface area contributed by atoms with Gasteiger partial charge >= 0.3 is 5.97 Å². The molecule has 2 N–H and O–H groups in total. The molecule has 1 aliphatic rings. The van der Waals surface area contributed by atoms with Crippen molar-refractivity contribution in [2.75, 3.05) is 6.54 Å². The molecule has 8 heteroatoms. The number of rotatable bonds is 9. The Bertz CT molecular complexity index is 1240. The zero-order valence-corrected chi connectivity index (χ0v) is 18.7. The van der Waals surface area contributed by atoms with Crippen molar-refractivity contribution >= 4 is 17.8 Å². The third-order valence-electron chi connectivity index (χ3n) is 6.27. The number of fused-ring (bicyclic) bond motifs is 1. The first kappa shape index (κ1) is 24.2. The normalized spacial score (nSPS) is 14.7. The fraction of sp³-hybridized carbons (Fsp3) is 0.222. The van der Waals surface area contributed by atoms with Gasteiger partial charge < -0.3 is 10.2 Å². The van der Waals surface area contributed by atoms with Gasteiger partial charge in [0.2, 0.25) is 0 Å². The van der Waals surface area contributed by atoms with Crippen LogP contribution in [0.15, 0.2) is 66.7 Å². The van der Waals surface area contributed by atoms with E-state index in [9.17, 15) is 33.4 Å². The van der Waals surface area contributed by atoms with Crippen molar-refractivity contribution in [2.24, 2.45) is 5.92 Å². The van der Waals surface area contributed by atoms with E-state index in [1.165, 1.54) is 12.1 Å². The fourth-order valence-corrected chi connectivity index (χ4v) is 4.28. The molecule has 0 aromatic heterocycles. The third kappa shape index (κ3) is 4.97. The van der Waals surface area contributed by atoms with Gasteiger partial charge in [0, 0.05) is 12.1 Å². The van der Waals surface area contributed by atoms with Gasteiger partial charge in [-0.1, -0.05) is 48.5 Å². The first-order chi connectivity index (χ1) is 16.8. The van der Waals surface area contributed by atoms with Crippen molar-refractivity contribution in [1.82, 2.24) is 4.90 Å². The molecule has 0 radical (unpaired) electrons. The SMILES string of the molecule is O=C(O)C(CCN1C(=O)c2ccccc2C1=O)C(O)CCc1ccc(-c2cccc(F)c2F)cc1. The number of aliphatic hydroxyl groups is 1. The Morgan fingerprint density at radius 3 is 2.03 bits per heavy atom. The lowest BCUT2D eigenvalue weighted by atomic mass is 9.93. The highest BCUT2D eigenvalue weighted by Crippen LogP contribution is 2.26. The number of hydrogen-bond donors (Lipinski definition) is 2. The zero-order valence-electron chi connectivity index (χ0n) is 18.7. The predicted octanol–water partition coefficient (Wildman–Crippen LogP) is 4.31. The molecule has 4 rings (SSSR count). The summed E-state index contributed by atoms with van der Waals surface area (Å²) in [5, 5.41) is 20.2. The molecule has 0 fully saturated rings. The van der Waals surface area contributed by atoms with Gasteiger partial charge in [0.15, 0.2) is 11.6 Å². The average Bonchev–Trinajstić information content (AvgIpc) is 3.09. The summed E-state index contributed by atoms with van der Waals surface area (Å²) >= 11 is 0. The number of halogens is 2. The highest BCUT2D eigenvalue weighted by Gasteiger charge is 2.36. The van der Waals surface area contributed by atoms with Crippen LogP contribution < -0.4 is 0 Å². The number of imide groups is 1. The third-order valence-corrected chi connectivity index (χ3v) is 6.27. The Morgan fingerprint density at radius 1 is 0.829 bits per heavy atom. The maximum Gasteiger partial charge on any atom is 0.309 e. The van der Waals surface area contributed by atoms with Crippen molar-refractivity contribution in [1.29, 1.82) is 0 Å². The summed E-state index contributed by atoms with van der Waals surface area (Å²) in [6, 6.07) is 17.0. The molecule has 0 aliphatic carbocycles. The van der Waals surface area contributed by atoms with Crippen LogP contribution in [0.3, 0.4) is 0 Å². The van der Waals surface area contributed by atoms with Crippen molar-refractivity contribution < 1.29 is 33.4 Å². The number of aliphatic carboxylic acids is 1. The predicted molar refractivity (Wildman–Crippen MR) is 124 cm³/mol. The Labute approximate surface area is 200 Å². The number of benzene rings is 3. The lowest BCUT2D eigenvalue weighted by Gasteiger charge is -2.22. The second-order valence-corrected chi connectivity index (χ2v) is 8.45. The van der Waals surface area contributed by atoms with Crippen LogP contribution in [-0.4, -0.2) is 45.5 Å². The van der Waals surface area contributed by atoms with Crippen LogP contribution in [0.2, 0.25) is 0 Å². The topological polar surface area (TPSA) is 94.9 Å². The number of aryl methyl sites for hydroxylation is 1. The zero-order chi connectivity index (χ0) is 25.1. The minimum atomic E-state index is -1.22. The molecule has 2 atom stereocenters. The van der Waals surface area contributed by atoms with Gasteiger partial charge in [0.1, 0.15) is 0 Å². The molecule has 0 saturated heterocycles. The van der Waals surface area contributed by atoms with Crippen LogP contribution in [-0.2, 0) is 11.2 Å². The van der Waals surface area contributed by atoms with E-state index in [1.807, 2.05) is 0 Å². The van der Waals surface area contributed by atoms with E-state index < -0.39 is 41.4 Å². The van der Waals surface area contributed by atoms with Gasteiger partial charge in [0.25, 0.3) is 11.8 Å². The van der Waals surface area contributed by atoms with E-state index in [-0.39, 0.29) is 36.1 Å². The van der Waals surface area contributed by atoms with Crippen molar-refractivity contribution in [3.8, 4) is 11.1 Å². The standard InChI is InChI=1S/C27H23F2NO5/c28-22-7-3-6-18(24(22)29)17-11-8-16(9-12-17)10-13-23(31)21(27(34)35)14-15-30-25(32)19-4-1-2-5-20(19)26(30)33/h1-9,11-12,21,23,31H,10,13-15H2,(H,34,35). The van der Waals surface area contributed by atoms with Crippen molar-refractivity contribution in [3.63, 3.8) is 0 Å². The molecule has 180 valence electrons. The summed E-state index contributed by atoms with van der Waals surface area (Å²) in [6.07, 6.45) is -0.806. The molecule has 2 unspecified atom stereocenters. The van der Waals surface area contributed by atoms with Crippen LogP contribution in [0.5, 0.6) is 0 Å². The largest absolute Gasteiger partial charge is 0.481 e. The average molecular weight is 479 g/mol. The van der Waals surface area contributed by atoms with E-state index in [2.05, 4.69) is 0 Å². The van der Waals surface area contributed by atoms with Gasteiger partial charge in [-0.05, 0) is 48.6 Å². The number of carboxylic acid groups (broad SMARTS) is 1. The van der Waals surface area contributed by atoms with Crippen LogP contribution in [0.25, 0.3) is 11.1 Å². The molecule has 1 heterocycles. The summed E-state index contributed by atoms with van der Waals surface area (Å²) in [5.74, 6) is -5.20. The lowest BCUT2D eigenvalue weighted by molar-refractivity contribution is -0.146. The molecule has 1 aliphatic heterocycles. The number of aliphatic hydroxyl groups excluding tert-OH is 1. The first-order valence-electron chi connectivity index (χ1n) is 11.2. The Kier molecular flexibility index (Phi) is 7.02. The second-order valence-electron chi connectivity index (χ2n) is 8.45.